The zero-order valence-corrected chi connectivity index (χ0v) is 22.7. The van der Waals surface area contributed by atoms with Crippen LogP contribution in [0.4, 0.5) is 10.1 Å². The van der Waals surface area contributed by atoms with Gasteiger partial charge >= 0.3 is 0 Å². The van der Waals surface area contributed by atoms with Gasteiger partial charge < -0.3 is 10.2 Å². The minimum absolute atomic E-state index is 0.0337. The molecule has 202 valence electrons. The van der Waals surface area contributed by atoms with Crippen molar-refractivity contribution >= 4 is 27.5 Å². The van der Waals surface area contributed by atoms with Crippen LogP contribution in [-0.2, 0) is 32.6 Å². The van der Waals surface area contributed by atoms with Gasteiger partial charge in [0.15, 0.2) is 0 Å². The van der Waals surface area contributed by atoms with E-state index in [-0.39, 0.29) is 24.6 Å². The van der Waals surface area contributed by atoms with Gasteiger partial charge in [-0.15, -0.1) is 0 Å². The maximum atomic E-state index is 14.0. The minimum atomic E-state index is -3.94. The number of benzene rings is 3. The van der Waals surface area contributed by atoms with Gasteiger partial charge in [-0.3, -0.25) is 13.9 Å². The van der Waals surface area contributed by atoms with E-state index >= 15 is 0 Å². The number of rotatable bonds is 12. The van der Waals surface area contributed by atoms with Gasteiger partial charge in [0.05, 0.1) is 11.9 Å². The summed E-state index contributed by atoms with van der Waals surface area (Å²) < 4.78 is 40.2. The van der Waals surface area contributed by atoms with Gasteiger partial charge in [-0.1, -0.05) is 73.2 Å². The van der Waals surface area contributed by atoms with Crippen molar-refractivity contribution in [3.8, 4) is 0 Å². The molecule has 0 aliphatic carbocycles. The Morgan fingerprint density at radius 3 is 2.26 bits per heavy atom. The molecule has 0 saturated carbocycles. The molecule has 0 heterocycles. The number of nitrogens with zero attached hydrogens (tertiary/aromatic N) is 2. The van der Waals surface area contributed by atoms with E-state index in [9.17, 15) is 22.4 Å². The van der Waals surface area contributed by atoms with Crippen LogP contribution in [0.1, 0.15) is 30.0 Å². The third-order valence-corrected chi connectivity index (χ3v) is 7.17. The molecule has 0 aliphatic heterocycles. The second kappa shape index (κ2) is 13.2. The molecule has 0 unspecified atom stereocenters. The van der Waals surface area contributed by atoms with Gasteiger partial charge in [-0.2, -0.15) is 0 Å². The summed E-state index contributed by atoms with van der Waals surface area (Å²) in [6.07, 6.45) is 1.93. The third kappa shape index (κ3) is 8.14. The number of amides is 2. The van der Waals surface area contributed by atoms with Crippen LogP contribution in [0.15, 0.2) is 78.9 Å². The van der Waals surface area contributed by atoms with Crippen molar-refractivity contribution in [2.75, 3.05) is 23.7 Å². The molecule has 0 aromatic heterocycles. The number of hydrogen-bond acceptors (Lipinski definition) is 4. The molecule has 2 amide bonds. The van der Waals surface area contributed by atoms with Crippen LogP contribution < -0.4 is 9.62 Å². The Kier molecular flexibility index (Phi) is 10.0. The molecule has 1 N–H and O–H groups in total. The molecular weight excluding hydrogens is 505 g/mol. The first kappa shape index (κ1) is 28.8. The topological polar surface area (TPSA) is 86.8 Å². The molecule has 0 saturated heterocycles. The maximum absolute atomic E-state index is 14.0. The summed E-state index contributed by atoms with van der Waals surface area (Å²) >= 11 is 0. The lowest BCUT2D eigenvalue weighted by Gasteiger charge is -2.33. The standard InChI is InChI=1S/C29H34FN3O4S/c1-4-16-31-29(35)27(18-23-11-6-5-7-12-23)32(20-24-13-8-10-22(2)17-24)28(34)21-33(38(3,36)37)26-15-9-14-25(30)19-26/h5-15,17,19,27H,4,16,18,20-21H2,1-3H3,(H,31,35)/t27-/m1/s1. The molecular formula is C29H34FN3O4S. The number of carbonyl (C=O) groups excluding carboxylic acids is 2. The van der Waals surface area contributed by atoms with E-state index in [2.05, 4.69) is 5.32 Å². The van der Waals surface area contributed by atoms with Gasteiger partial charge in [0, 0.05) is 19.5 Å². The normalized spacial score (nSPS) is 12.0. The highest BCUT2D eigenvalue weighted by atomic mass is 32.2. The fourth-order valence-electron chi connectivity index (χ4n) is 4.17. The Labute approximate surface area is 224 Å². The first-order valence-corrected chi connectivity index (χ1v) is 14.3. The van der Waals surface area contributed by atoms with Crippen molar-refractivity contribution < 1.29 is 22.4 Å². The van der Waals surface area contributed by atoms with E-state index in [0.29, 0.717) is 6.54 Å². The van der Waals surface area contributed by atoms with E-state index < -0.39 is 34.3 Å². The van der Waals surface area contributed by atoms with E-state index in [1.165, 1.54) is 23.1 Å². The quantitative estimate of drug-likeness (QED) is 0.376. The Hall–Kier alpha value is -3.72. The molecule has 3 aromatic carbocycles. The van der Waals surface area contributed by atoms with Gasteiger partial charge in [-0.05, 0) is 42.7 Å². The fourth-order valence-corrected chi connectivity index (χ4v) is 5.01. The highest BCUT2D eigenvalue weighted by Crippen LogP contribution is 2.21. The van der Waals surface area contributed by atoms with Crippen LogP contribution in [0.2, 0.25) is 0 Å². The summed E-state index contributed by atoms with van der Waals surface area (Å²) in [6.45, 7) is 3.82. The molecule has 0 spiro atoms. The van der Waals surface area contributed by atoms with E-state index in [4.69, 9.17) is 0 Å². The number of anilines is 1. The van der Waals surface area contributed by atoms with Crippen molar-refractivity contribution in [1.82, 2.24) is 10.2 Å². The first-order valence-electron chi connectivity index (χ1n) is 12.5. The smallest absolute Gasteiger partial charge is 0.244 e. The number of hydrogen-bond donors (Lipinski definition) is 1. The van der Waals surface area contributed by atoms with Crippen molar-refractivity contribution in [2.45, 2.75) is 39.3 Å². The molecule has 0 fully saturated rings. The van der Waals surface area contributed by atoms with Crippen molar-refractivity contribution in [3.05, 3.63) is 101 Å². The summed E-state index contributed by atoms with van der Waals surface area (Å²) in [7, 11) is -3.94. The SMILES string of the molecule is CCCNC(=O)[C@@H](Cc1ccccc1)N(Cc1cccc(C)c1)C(=O)CN(c1cccc(F)c1)S(C)(=O)=O. The lowest BCUT2D eigenvalue weighted by atomic mass is 10.0. The predicted molar refractivity (Wildman–Crippen MR) is 148 cm³/mol. The predicted octanol–water partition coefficient (Wildman–Crippen LogP) is 4.07. The Bertz CT molecular complexity index is 1350. The highest BCUT2D eigenvalue weighted by Gasteiger charge is 2.33. The Morgan fingerprint density at radius 2 is 1.63 bits per heavy atom. The summed E-state index contributed by atoms with van der Waals surface area (Å²) in [5.41, 5.74) is 2.68. The lowest BCUT2D eigenvalue weighted by Crippen LogP contribution is -2.53. The molecule has 3 aromatic rings. The van der Waals surface area contributed by atoms with Crippen LogP contribution in [-0.4, -0.2) is 50.5 Å². The molecule has 0 bridgehead atoms. The third-order valence-electron chi connectivity index (χ3n) is 6.03. The monoisotopic (exact) mass is 539 g/mol. The molecule has 3 rings (SSSR count). The molecule has 38 heavy (non-hydrogen) atoms. The van der Waals surface area contributed by atoms with E-state index in [1.54, 1.807) is 0 Å². The minimum Gasteiger partial charge on any atom is -0.354 e. The maximum Gasteiger partial charge on any atom is 0.244 e. The number of carbonyl (C=O) groups is 2. The fraction of sp³-hybridized carbons (Fsp3) is 0.310. The van der Waals surface area contributed by atoms with E-state index in [1.807, 2.05) is 68.4 Å². The van der Waals surface area contributed by atoms with Gasteiger partial charge in [0.2, 0.25) is 21.8 Å². The van der Waals surface area contributed by atoms with Gasteiger partial charge in [0.25, 0.3) is 0 Å². The molecule has 9 heteroatoms. The molecule has 7 nitrogen and oxygen atoms in total. The lowest BCUT2D eigenvalue weighted by molar-refractivity contribution is -0.140. The van der Waals surface area contributed by atoms with Crippen molar-refractivity contribution in [3.63, 3.8) is 0 Å². The Morgan fingerprint density at radius 1 is 0.947 bits per heavy atom. The first-order chi connectivity index (χ1) is 18.1. The average molecular weight is 540 g/mol. The number of sulfonamides is 1. The van der Waals surface area contributed by atoms with Crippen LogP contribution in [0.3, 0.4) is 0 Å². The van der Waals surface area contributed by atoms with Crippen LogP contribution in [0.5, 0.6) is 0 Å². The van der Waals surface area contributed by atoms with Crippen LogP contribution in [0.25, 0.3) is 0 Å². The van der Waals surface area contributed by atoms with Crippen LogP contribution in [0, 0.1) is 12.7 Å². The molecule has 0 radical (unpaired) electrons. The second-order valence-corrected chi connectivity index (χ2v) is 11.2. The summed E-state index contributed by atoms with van der Waals surface area (Å²) in [4.78, 5) is 28.7. The summed E-state index contributed by atoms with van der Waals surface area (Å²) in [5.74, 6) is -1.52. The zero-order chi connectivity index (χ0) is 27.7. The van der Waals surface area contributed by atoms with E-state index in [0.717, 1.165) is 39.7 Å². The summed E-state index contributed by atoms with van der Waals surface area (Å²) in [6, 6.07) is 21.1. The van der Waals surface area contributed by atoms with Gasteiger partial charge in [-0.25, -0.2) is 12.8 Å². The highest BCUT2D eigenvalue weighted by molar-refractivity contribution is 7.92. The molecule has 0 aliphatic rings. The number of halogens is 1. The van der Waals surface area contributed by atoms with Gasteiger partial charge in [0.1, 0.15) is 18.4 Å². The average Bonchev–Trinajstić information content (AvgIpc) is 2.87. The van der Waals surface area contributed by atoms with Crippen molar-refractivity contribution in [1.29, 1.82) is 0 Å². The molecule has 1 atom stereocenters. The van der Waals surface area contributed by atoms with Crippen LogP contribution >= 0.6 is 0 Å². The van der Waals surface area contributed by atoms with Crippen molar-refractivity contribution in [2.24, 2.45) is 0 Å². The Balaban J connectivity index is 2.04. The number of aryl methyl sites for hydroxylation is 1. The summed E-state index contributed by atoms with van der Waals surface area (Å²) in [5, 5.41) is 2.89. The zero-order valence-electron chi connectivity index (χ0n) is 21.9. The second-order valence-electron chi connectivity index (χ2n) is 9.26. The largest absolute Gasteiger partial charge is 0.354 e. The number of nitrogens with one attached hydrogen (secondary N) is 1.